The number of benzene rings is 3. The number of rotatable bonds is 8. The molecule has 0 aliphatic carbocycles. The number of methoxy groups -OCH3 is 1. The normalized spacial score (nSPS) is 10.7. The summed E-state index contributed by atoms with van der Waals surface area (Å²) in [6.07, 6.45) is 3.30. The third kappa shape index (κ3) is 5.17. The molecule has 35 heavy (non-hydrogen) atoms. The summed E-state index contributed by atoms with van der Waals surface area (Å²) in [6, 6.07) is 25.4. The van der Waals surface area contributed by atoms with E-state index in [1.807, 2.05) is 79.7 Å². The average molecular weight is 464 g/mol. The van der Waals surface area contributed by atoms with Gasteiger partial charge in [-0.25, -0.2) is 4.98 Å². The largest absolute Gasteiger partial charge is 0.497 e. The average Bonchev–Trinajstić information content (AvgIpc) is 2.90. The fourth-order valence-electron chi connectivity index (χ4n) is 4.32. The molecule has 0 radical (unpaired) electrons. The minimum Gasteiger partial charge on any atom is -0.497 e. The van der Waals surface area contributed by atoms with Crippen molar-refractivity contribution in [1.29, 1.82) is 5.26 Å². The number of aromatic nitrogens is 2. The van der Waals surface area contributed by atoms with E-state index in [0.29, 0.717) is 17.8 Å². The van der Waals surface area contributed by atoms with Crippen LogP contribution in [-0.4, -0.2) is 16.7 Å². The van der Waals surface area contributed by atoms with Gasteiger partial charge in [-0.05, 0) is 66.8 Å². The number of nitriles is 1. The molecule has 0 bridgehead atoms. The molecule has 4 rings (SSSR count). The van der Waals surface area contributed by atoms with Crippen LogP contribution in [0, 0.1) is 18.3 Å². The summed E-state index contributed by atoms with van der Waals surface area (Å²) in [6.45, 7) is 4.02. The maximum absolute atomic E-state index is 13.8. The van der Waals surface area contributed by atoms with Gasteiger partial charge in [0, 0.05) is 12.0 Å². The van der Waals surface area contributed by atoms with Crippen LogP contribution in [0.1, 0.15) is 48.0 Å². The van der Waals surface area contributed by atoms with Crippen LogP contribution in [-0.2, 0) is 12.8 Å². The Hall–Kier alpha value is -4.17. The van der Waals surface area contributed by atoms with E-state index >= 15 is 0 Å². The van der Waals surface area contributed by atoms with E-state index < -0.39 is 0 Å². The van der Waals surface area contributed by atoms with E-state index in [4.69, 9.17) is 9.72 Å². The Morgan fingerprint density at radius 3 is 2.37 bits per heavy atom. The van der Waals surface area contributed by atoms with Crippen molar-refractivity contribution < 1.29 is 4.74 Å². The Balaban J connectivity index is 1.73. The van der Waals surface area contributed by atoms with Crippen LogP contribution in [0.5, 0.6) is 5.75 Å². The van der Waals surface area contributed by atoms with Gasteiger partial charge in [0.15, 0.2) is 0 Å². The summed E-state index contributed by atoms with van der Waals surface area (Å²) in [5.41, 5.74) is 5.90. The number of nitrogens with zero attached hydrogens (tertiary/aromatic N) is 3. The highest BCUT2D eigenvalue weighted by Gasteiger charge is 2.16. The highest BCUT2D eigenvalue weighted by atomic mass is 16.5. The number of hydrogen-bond acceptors (Lipinski definition) is 4. The number of unbranched alkanes of at least 4 members (excludes halogenated alkanes) is 1. The smallest absolute Gasteiger partial charge is 0.261 e. The van der Waals surface area contributed by atoms with Crippen molar-refractivity contribution in [2.45, 2.75) is 39.5 Å². The molecule has 176 valence electrons. The van der Waals surface area contributed by atoms with Crippen LogP contribution in [0.4, 0.5) is 0 Å². The predicted octanol–water partition coefficient (Wildman–Crippen LogP) is 6.02. The van der Waals surface area contributed by atoms with Crippen LogP contribution >= 0.6 is 0 Å². The standard InChI is InChI=1S/C30H29N3O2/c1-4-5-10-29-28(30(34)33(21(2)32-29)25-15-17-26(35-3)18-16-25)19-22-11-13-23(14-12-22)27-9-7-6-8-24(27)20-31/h6-9,11-18H,4-5,10,19H2,1-3H3. The zero-order chi connectivity index (χ0) is 24.8. The fourth-order valence-corrected chi connectivity index (χ4v) is 4.32. The first-order valence-electron chi connectivity index (χ1n) is 11.9. The molecule has 0 atom stereocenters. The molecule has 0 saturated heterocycles. The minimum absolute atomic E-state index is 0.0346. The highest BCUT2D eigenvalue weighted by molar-refractivity contribution is 5.70. The molecule has 5 heteroatoms. The maximum Gasteiger partial charge on any atom is 0.261 e. The van der Waals surface area contributed by atoms with Crippen LogP contribution in [0.2, 0.25) is 0 Å². The lowest BCUT2D eigenvalue weighted by Crippen LogP contribution is -2.28. The summed E-state index contributed by atoms with van der Waals surface area (Å²) in [4.78, 5) is 18.6. The van der Waals surface area contributed by atoms with Gasteiger partial charge in [-0.2, -0.15) is 5.26 Å². The van der Waals surface area contributed by atoms with Gasteiger partial charge in [0.2, 0.25) is 0 Å². The van der Waals surface area contributed by atoms with Gasteiger partial charge in [-0.15, -0.1) is 0 Å². The molecule has 0 spiro atoms. The quantitative estimate of drug-likeness (QED) is 0.320. The van der Waals surface area contributed by atoms with Gasteiger partial charge in [-0.1, -0.05) is 55.8 Å². The van der Waals surface area contributed by atoms with Crippen molar-refractivity contribution in [2.24, 2.45) is 0 Å². The van der Waals surface area contributed by atoms with Gasteiger partial charge >= 0.3 is 0 Å². The van der Waals surface area contributed by atoms with Gasteiger partial charge in [0.1, 0.15) is 11.6 Å². The number of hydrogen-bond donors (Lipinski definition) is 0. The second-order valence-corrected chi connectivity index (χ2v) is 8.56. The molecule has 0 aliphatic rings. The first kappa shape index (κ1) is 24.0. The molecular weight excluding hydrogens is 434 g/mol. The van der Waals surface area contributed by atoms with E-state index in [1.165, 1.54) is 0 Å². The van der Waals surface area contributed by atoms with E-state index in [2.05, 4.69) is 13.0 Å². The molecular formula is C30H29N3O2. The second kappa shape index (κ2) is 10.8. The van der Waals surface area contributed by atoms with Crippen molar-refractivity contribution in [3.8, 4) is 28.6 Å². The van der Waals surface area contributed by atoms with E-state index in [1.54, 1.807) is 11.7 Å². The van der Waals surface area contributed by atoms with Crippen LogP contribution < -0.4 is 10.3 Å². The Labute approximate surface area is 206 Å². The Morgan fingerprint density at radius 2 is 1.71 bits per heavy atom. The zero-order valence-electron chi connectivity index (χ0n) is 20.4. The van der Waals surface area contributed by atoms with Crippen LogP contribution in [0.3, 0.4) is 0 Å². The molecule has 1 heterocycles. The molecule has 0 N–H and O–H groups in total. The summed E-state index contributed by atoms with van der Waals surface area (Å²) in [5.74, 6) is 1.42. The maximum atomic E-state index is 13.8. The first-order chi connectivity index (χ1) is 17.0. The Bertz CT molecular complexity index is 1410. The van der Waals surface area contributed by atoms with Crippen LogP contribution in [0.25, 0.3) is 16.8 Å². The molecule has 5 nitrogen and oxygen atoms in total. The van der Waals surface area contributed by atoms with Gasteiger partial charge in [0.05, 0.1) is 30.1 Å². The Morgan fingerprint density at radius 1 is 1.00 bits per heavy atom. The molecule has 0 amide bonds. The molecule has 0 unspecified atom stereocenters. The summed E-state index contributed by atoms with van der Waals surface area (Å²) in [7, 11) is 1.62. The topological polar surface area (TPSA) is 67.9 Å². The molecule has 4 aromatic rings. The summed E-state index contributed by atoms with van der Waals surface area (Å²) >= 11 is 0. The molecule has 0 saturated carbocycles. The molecule has 1 aromatic heterocycles. The second-order valence-electron chi connectivity index (χ2n) is 8.56. The van der Waals surface area contributed by atoms with Crippen LogP contribution in [0.15, 0.2) is 77.6 Å². The van der Waals surface area contributed by atoms with Gasteiger partial charge in [0.25, 0.3) is 5.56 Å². The van der Waals surface area contributed by atoms with Crippen molar-refractivity contribution in [1.82, 2.24) is 9.55 Å². The van der Waals surface area contributed by atoms with Crippen molar-refractivity contribution in [3.05, 3.63) is 111 Å². The number of ether oxygens (including phenoxy) is 1. The van der Waals surface area contributed by atoms with Crippen molar-refractivity contribution >= 4 is 0 Å². The summed E-state index contributed by atoms with van der Waals surface area (Å²) < 4.78 is 6.95. The zero-order valence-corrected chi connectivity index (χ0v) is 20.4. The minimum atomic E-state index is -0.0346. The lowest BCUT2D eigenvalue weighted by atomic mass is 9.96. The van der Waals surface area contributed by atoms with Gasteiger partial charge < -0.3 is 4.74 Å². The third-order valence-corrected chi connectivity index (χ3v) is 6.22. The molecule has 3 aromatic carbocycles. The van der Waals surface area contributed by atoms with Crippen molar-refractivity contribution in [2.75, 3.05) is 7.11 Å². The summed E-state index contributed by atoms with van der Waals surface area (Å²) in [5, 5.41) is 9.43. The third-order valence-electron chi connectivity index (χ3n) is 6.22. The molecule has 0 aliphatic heterocycles. The molecule has 0 fully saturated rings. The highest BCUT2D eigenvalue weighted by Crippen LogP contribution is 2.24. The van der Waals surface area contributed by atoms with E-state index in [-0.39, 0.29) is 5.56 Å². The van der Waals surface area contributed by atoms with Gasteiger partial charge in [-0.3, -0.25) is 9.36 Å². The Kier molecular flexibility index (Phi) is 7.42. The monoisotopic (exact) mass is 463 g/mol. The first-order valence-corrected chi connectivity index (χ1v) is 11.9. The predicted molar refractivity (Wildman–Crippen MR) is 139 cm³/mol. The lowest BCUT2D eigenvalue weighted by Gasteiger charge is -2.16. The lowest BCUT2D eigenvalue weighted by molar-refractivity contribution is 0.414. The van der Waals surface area contributed by atoms with E-state index in [9.17, 15) is 10.1 Å². The SMILES string of the molecule is CCCCc1nc(C)n(-c2ccc(OC)cc2)c(=O)c1Cc1ccc(-c2ccccc2C#N)cc1. The van der Waals surface area contributed by atoms with E-state index in [0.717, 1.165) is 58.6 Å². The fraction of sp³-hybridized carbons (Fsp3) is 0.233. The van der Waals surface area contributed by atoms with Crippen molar-refractivity contribution in [3.63, 3.8) is 0 Å². The number of aryl methyl sites for hydroxylation is 2.